The van der Waals surface area contributed by atoms with E-state index in [-0.39, 0.29) is 0 Å². The van der Waals surface area contributed by atoms with E-state index in [1.807, 2.05) is 30.3 Å². The Labute approximate surface area is 84.0 Å². The van der Waals surface area contributed by atoms with Crippen molar-refractivity contribution in [3.8, 4) is 6.07 Å². The highest BCUT2D eigenvalue weighted by Gasteiger charge is 2.00. The van der Waals surface area contributed by atoms with Crippen molar-refractivity contribution in [3.05, 3.63) is 40.5 Å². The van der Waals surface area contributed by atoms with Crippen molar-refractivity contribution in [1.29, 1.82) is 5.26 Å². The third kappa shape index (κ3) is 1.41. The normalized spacial score (nSPS) is 9.85. The first-order valence-electron chi connectivity index (χ1n) is 3.76. The summed E-state index contributed by atoms with van der Waals surface area (Å²) in [6.07, 6.45) is 0. The summed E-state index contributed by atoms with van der Waals surface area (Å²) in [5.41, 5.74) is 1.28. The zero-order chi connectivity index (χ0) is 9.26. The molecule has 13 heavy (non-hydrogen) atoms. The van der Waals surface area contributed by atoms with Crippen LogP contribution in [0.15, 0.2) is 34.8 Å². The number of hydrogen-bond donors (Lipinski definition) is 0. The number of pyridine rings is 1. The molecule has 2 aromatic rings. The fourth-order valence-electron chi connectivity index (χ4n) is 1.17. The lowest BCUT2D eigenvalue weighted by Gasteiger charge is -1.98. The largest absolute Gasteiger partial charge is 0.236 e. The molecule has 0 fully saturated rings. The molecule has 0 aliphatic rings. The Morgan fingerprint density at radius 1 is 1.23 bits per heavy atom. The van der Waals surface area contributed by atoms with E-state index in [9.17, 15) is 0 Å². The van der Waals surface area contributed by atoms with E-state index in [2.05, 4.69) is 20.9 Å². The van der Waals surface area contributed by atoms with Crippen LogP contribution in [0.1, 0.15) is 5.69 Å². The maximum Gasteiger partial charge on any atom is 0.141 e. The van der Waals surface area contributed by atoms with Crippen molar-refractivity contribution in [3.63, 3.8) is 0 Å². The summed E-state index contributed by atoms with van der Waals surface area (Å²) in [6.45, 7) is 0. The first-order valence-corrected chi connectivity index (χ1v) is 4.56. The predicted octanol–water partition coefficient (Wildman–Crippen LogP) is 2.87. The maximum atomic E-state index is 8.66. The van der Waals surface area contributed by atoms with Crippen LogP contribution in [0.2, 0.25) is 0 Å². The Kier molecular flexibility index (Phi) is 1.99. The summed E-state index contributed by atoms with van der Waals surface area (Å²) in [5.74, 6) is 0. The molecule has 0 unspecified atom stereocenters. The van der Waals surface area contributed by atoms with Crippen LogP contribution in [0.3, 0.4) is 0 Å². The highest BCUT2D eigenvalue weighted by molar-refractivity contribution is 9.10. The fourth-order valence-corrected chi connectivity index (χ4v) is 1.64. The molecule has 0 N–H and O–H groups in total. The first kappa shape index (κ1) is 8.21. The number of para-hydroxylation sites is 1. The third-order valence-corrected chi connectivity index (χ3v) is 2.43. The van der Waals surface area contributed by atoms with Crippen LogP contribution >= 0.6 is 15.9 Å². The van der Waals surface area contributed by atoms with Gasteiger partial charge in [-0.15, -0.1) is 0 Å². The molecule has 0 bridgehead atoms. The lowest BCUT2D eigenvalue weighted by Crippen LogP contribution is -1.84. The Morgan fingerprint density at radius 2 is 2.08 bits per heavy atom. The standard InChI is InChI=1S/C10H5BrN2/c11-9-3-1-2-7-4-5-8(6-12)13-10(7)9/h1-5H. The molecule has 2 rings (SSSR count). The summed E-state index contributed by atoms with van der Waals surface area (Å²) in [5, 5.41) is 9.70. The van der Waals surface area contributed by atoms with Gasteiger partial charge in [0.15, 0.2) is 0 Å². The zero-order valence-electron chi connectivity index (χ0n) is 6.66. The predicted molar refractivity (Wildman–Crippen MR) is 54.2 cm³/mol. The lowest BCUT2D eigenvalue weighted by molar-refractivity contribution is 1.32. The van der Waals surface area contributed by atoms with Gasteiger partial charge in [0.25, 0.3) is 0 Å². The van der Waals surface area contributed by atoms with Crippen LogP contribution in [-0.2, 0) is 0 Å². The minimum Gasteiger partial charge on any atom is -0.236 e. The van der Waals surface area contributed by atoms with Crippen LogP contribution in [-0.4, -0.2) is 4.98 Å². The molecule has 1 heterocycles. The number of halogens is 1. The second-order valence-electron chi connectivity index (χ2n) is 2.62. The van der Waals surface area contributed by atoms with E-state index in [0.29, 0.717) is 5.69 Å². The second kappa shape index (κ2) is 3.15. The number of hydrogen-bond acceptors (Lipinski definition) is 2. The minimum atomic E-state index is 0.444. The summed E-state index contributed by atoms with van der Waals surface area (Å²) in [7, 11) is 0. The molecule has 1 aromatic carbocycles. The van der Waals surface area contributed by atoms with Crippen molar-refractivity contribution in [2.24, 2.45) is 0 Å². The van der Waals surface area contributed by atoms with Gasteiger partial charge in [0.2, 0.25) is 0 Å². The number of nitriles is 1. The van der Waals surface area contributed by atoms with Gasteiger partial charge >= 0.3 is 0 Å². The Morgan fingerprint density at radius 3 is 2.85 bits per heavy atom. The van der Waals surface area contributed by atoms with Crippen molar-refractivity contribution in [2.45, 2.75) is 0 Å². The maximum absolute atomic E-state index is 8.66. The summed E-state index contributed by atoms with van der Waals surface area (Å²) in [4.78, 5) is 4.19. The number of fused-ring (bicyclic) bond motifs is 1. The molecule has 0 atom stereocenters. The van der Waals surface area contributed by atoms with Gasteiger partial charge in [-0.25, -0.2) is 4.98 Å². The van der Waals surface area contributed by atoms with Crippen molar-refractivity contribution >= 4 is 26.8 Å². The molecule has 1 aromatic heterocycles. The average molecular weight is 233 g/mol. The molecular weight excluding hydrogens is 228 g/mol. The van der Waals surface area contributed by atoms with E-state index in [1.54, 1.807) is 6.07 Å². The van der Waals surface area contributed by atoms with Crippen LogP contribution in [0.25, 0.3) is 10.9 Å². The molecule has 0 radical (unpaired) electrons. The summed E-state index contributed by atoms with van der Waals surface area (Å²) in [6, 6.07) is 11.5. The minimum absolute atomic E-state index is 0.444. The van der Waals surface area contributed by atoms with Gasteiger partial charge in [-0.1, -0.05) is 12.1 Å². The number of aromatic nitrogens is 1. The number of rotatable bonds is 0. The SMILES string of the molecule is N#Cc1ccc2cccc(Br)c2n1. The molecule has 0 aliphatic carbocycles. The van der Waals surface area contributed by atoms with Gasteiger partial charge in [-0.2, -0.15) is 5.26 Å². The zero-order valence-corrected chi connectivity index (χ0v) is 8.25. The highest BCUT2D eigenvalue weighted by Crippen LogP contribution is 2.21. The Hall–Kier alpha value is -1.40. The van der Waals surface area contributed by atoms with Gasteiger partial charge in [-0.3, -0.25) is 0 Å². The van der Waals surface area contributed by atoms with Crippen LogP contribution in [0, 0.1) is 11.3 Å². The van der Waals surface area contributed by atoms with Gasteiger partial charge < -0.3 is 0 Å². The molecule has 0 amide bonds. The Balaban J connectivity index is 2.84. The van der Waals surface area contributed by atoms with Crippen molar-refractivity contribution in [1.82, 2.24) is 4.98 Å². The number of benzene rings is 1. The molecule has 2 nitrogen and oxygen atoms in total. The van der Waals surface area contributed by atoms with Gasteiger partial charge in [-0.05, 0) is 34.1 Å². The lowest BCUT2D eigenvalue weighted by atomic mass is 10.2. The fraction of sp³-hybridized carbons (Fsp3) is 0. The topological polar surface area (TPSA) is 36.7 Å². The molecule has 0 saturated carbocycles. The molecule has 3 heteroatoms. The van der Waals surface area contributed by atoms with E-state index in [0.717, 1.165) is 15.4 Å². The van der Waals surface area contributed by atoms with Crippen molar-refractivity contribution in [2.75, 3.05) is 0 Å². The van der Waals surface area contributed by atoms with Crippen LogP contribution < -0.4 is 0 Å². The smallest absolute Gasteiger partial charge is 0.141 e. The van der Waals surface area contributed by atoms with E-state index in [4.69, 9.17) is 5.26 Å². The van der Waals surface area contributed by atoms with Gasteiger partial charge in [0.05, 0.1) is 5.52 Å². The second-order valence-corrected chi connectivity index (χ2v) is 3.47. The summed E-state index contributed by atoms with van der Waals surface area (Å²) < 4.78 is 0.919. The van der Waals surface area contributed by atoms with Crippen LogP contribution in [0.4, 0.5) is 0 Å². The first-order chi connectivity index (χ1) is 6.31. The van der Waals surface area contributed by atoms with Gasteiger partial charge in [0.1, 0.15) is 11.8 Å². The molecular formula is C10H5BrN2. The average Bonchev–Trinajstić information content (AvgIpc) is 2.18. The van der Waals surface area contributed by atoms with Crippen molar-refractivity contribution < 1.29 is 0 Å². The van der Waals surface area contributed by atoms with Crippen LogP contribution in [0.5, 0.6) is 0 Å². The Bertz CT molecular complexity index is 500. The van der Waals surface area contributed by atoms with E-state index in [1.165, 1.54) is 0 Å². The number of nitrogens with zero attached hydrogens (tertiary/aromatic N) is 2. The molecule has 62 valence electrons. The highest BCUT2D eigenvalue weighted by atomic mass is 79.9. The van der Waals surface area contributed by atoms with Gasteiger partial charge in [0, 0.05) is 9.86 Å². The summed E-state index contributed by atoms with van der Waals surface area (Å²) >= 11 is 3.39. The van der Waals surface area contributed by atoms with E-state index >= 15 is 0 Å². The van der Waals surface area contributed by atoms with E-state index < -0.39 is 0 Å². The quantitative estimate of drug-likeness (QED) is 0.701. The monoisotopic (exact) mass is 232 g/mol. The third-order valence-electron chi connectivity index (χ3n) is 1.79. The molecule has 0 spiro atoms. The molecule has 0 saturated heterocycles. The molecule has 0 aliphatic heterocycles.